The van der Waals surface area contributed by atoms with Crippen molar-refractivity contribution >= 4 is 27.3 Å². The van der Waals surface area contributed by atoms with Crippen LogP contribution in [0.3, 0.4) is 0 Å². The number of hydrogen-bond donors (Lipinski definition) is 2. The first-order chi connectivity index (χ1) is 13.4. The van der Waals surface area contributed by atoms with Crippen LogP contribution in [0.2, 0.25) is 0 Å². The first kappa shape index (κ1) is 20.2. The normalized spacial score (nSPS) is 15.2. The minimum Gasteiger partial charge on any atom is -0.379 e. The zero-order valence-corrected chi connectivity index (χ0v) is 16.3. The van der Waals surface area contributed by atoms with Crippen molar-refractivity contribution in [1.82, 2.24) is 4.31 Å². The number of halogens is 1. The predicted octanol–water partition coefficient (Wildman–Crippen LogP) is 2.21. The van der Waals surface area contributed by atoms with E-state index in [1.165, 1.54) is 40.7 Å². The summed E-state index contributed by atoms with van der Waals surface area (Å²) in [4.78, 5) is 12.4. The van der Waals surface area contributed by atoms with Crippen LogP contribution in [0, 0.1) is 12.7 Å². The van der Waals surface area contributed by atoms with Gasteiger partial charge in [-0.1, -0.05) is 6.07 Å². The average molecular weight is 407 g/mol. The maximum Gasteiger partial charge on any atom is 0.243 e. The number of sulfonamides is 1. The fourth-order valence-electron chi connectivity index (χ4n) is 2.78. The van der Waals surface area contributed by atoms with Crippen LogP contribution in [-0.2, 0) is 19.6 Å². The lowest BCUT2D eigenvalue weighted by Gasteiger charge is -2.26. The van der Waals surface area contributed by atoms with E-state index in [4.69, 9.17) is 4.74 Å². The number of nitrogens with one attached hydrogen (secondary N) is 2. The second kappa shape index (κ2) is 8.68. The molecule has 2 N–H and O–H groups in total. The van der Waals surface area contributed by atoms with Gasteiger partial charge in [0.2, 0.25) is 15.9 Å². The monoisotopic (exact) mass is 407 g/mol. The summed E-state index contributed by atoms with van der Waals surface area (Å²) in [5.74, 6) is -0.697. The molecule has 0 unspecified atom stereocenters. The second-order valence-electron chi connectivity index (χ2n) is 6.40. The molecule has 1 amide bonds. The number of carbonyl (C=O) groups is 1. The summed E-state index contributed by atoms with van der Waals surface area (Å²) in [7, 11) is -3.65. The van der Waals surface area contributed by atoms with Gasteiger partial charge in [0.25, 0.3) is 0 Å². The van der Waals surface area contributed by atoms with Crippen LogP contribution < -0.4 is 10.6 Å². The molecule has 150 valence electrons. The Kier molecular flexibility index (Phi) is 6.28. The summed E-state index contributed by atoms with van der Waals surface area (Å²) in [6.45, 7) is 3.09. The Bertz CT molecular complexity index is 942. The molecular weight excluding hydrogens is 385 g/mol. The van der Waals surface area contributed by atoms with E-state index in [-0.39, 0.29) is 23.2 Å². The van der Waals surface area contributed by atoms with Crippen molar-refractivity contribution in [3.8, 4) is 0 Å². The number of hydrogen-bond acceptors (Lipinski definition) is 5. The summed E-state index contributed by atoms with van der Waals surface area (Å²) < 4.78 is 45.1. The van der Waals surface area contributed by atoms with Gasteiger partial charge >= 0.3 is 0 Å². The average Bonchev–Trinajstić information content (AvgIpc) is 2.70. The van der Waals surface area contributed by atoms with Crippen LogP contribution in [0.15, 0.2) is 47.4 Å². The SMILES string of the molecule is Cc1ccc(S(=O)(=O)N2CCOCC2)cc1NC(=O)CNc1ccc(F)cc1. The lowest BCUT2D eigenvalue weighted by Crippen LogP contribution is -2.40. The lowest BCUT2D eigenvalue weighted by molar-refractivity contribution is -0.114. The number of ether oxygens (including phenoxy) is 1. The molecule has 9 heteroatoms. The summed E-state index contributed by atoms with van der Waals surface area (Å²) in [6, 6.07) is 10.3. The van der Waals surface area contributed by atoms with E-state index in [0.29, 0.717) is 37.7 Å². The minimum absolute atomic E-state index is 0.0362. The molecular formula is C19H22FN3O4S. The van der Waals surface area contributed by atoms with Crippen molar-refractivity contribution in [2.45, 2.75) is 11.8 Å². The van der Waals surface area contributed by atoms with E-state index >= 15 is 0 Å². The van der Waals surface area contributed by atoms with E-state index in [1.807, 2.05) is 0 Å². The highest BCUT2D eigenvalue weighted by Gasteiger charge is 2.26. The Morgan fingerprint density at radius 3 is 2.50 bits per heavy atom. The fourth-order valence-corrected chi connectivity index (χ4v) is 4.21. The molecule has 2 aromatic carbocycles. The van der Waals surface area contributed by atoms with Gasteiger partial charge in [-0.25, -0.2) is 12.8 Å². The molecule has 0 spiro atoms. The quantitative estimate of drug-likeness (QED) is 0.767. The van der Waals surface area contributed by atoms with Gasteiger partial charge in [-0.2, -0.15) is 4.31 Å². The number of aryl methyl sites for hydroxylation is 1. The zero-order chi connectivity index (χ0) is 20.1. The number of anilines is 2. The number of carbonyl (C=O) groups excluding carboxylic acids is 1. The number of nitrogens with zero attached hydrogens (tertiary/aromatic N) is 1. The molecule has 0 saturated carbocycles. The van der Waals surface area contributed by atoms with Crippen molar-refractivity contribution in [3.05, 3.63) is 53.8 Å². The molecule has 1 aliphatic heterocycles. The van der Waals surface area contributed by atoms with Crippen LogP contribution in [0.4, 0.5) is 15.8 Å². The Morgan fingerprint density at radius 2 is 1.82 bits per heavy atom. The summed E-state index contributed by atoms with van der Waals surface area (Å²) in [5, 5.41) is 5.61. The third-order valence-electron chi connectivity index (χ3n) is 4.39. The Morgan fingerprint density at radius 1 is 1.14 bits per heavy atom. The third-order valence-corrected chi connectivity index (χ3v) is 6.28. The van der Waals surface area contributed by atoms with Gasteiger partial charge in [0.1, 0.15) is 5.82 Å². The minimum atomic E-state index is -3.65. The van der Waals surface area contributed by atoms with Crippen molar-refractivity contribution < 1.29 is 22.3 Å². The smallest absolute Gasteiger partial charge is 0.243 e. The Hall–Kier alpha value is -2.49. The van der Waals surface area contributed by atoms with E-state index < -0.39 is 10.0 Å². The van der Waals surface area contributed by atoms with Crippen molar-refractivity contribution in [1.29, 1.82) is 0 Å². The van der Waals surface area contributed by atoms with Crippen LogP contribution in [0.1, 0.15) is 5.56 Å². The fraction of sp³-hybridized carbons (Fsp3) is 0.316. The maximum absolute atomic E-state index is 12.9. The molecule has 1 fully saturated rings. The summed E-state index contributed by atoms with van der Waals surface area (Å²) >= 11 is 0. The molecule has 2 aromatic rings. The van der Waals surface area contributed by atoms with Crippen molar-refractivity contribution in [3.63, 3.8) is 0 Å². The third kappa shape index (κ3) is 4.86. The first-order valence-electron chi connectivity index (χ1n) is 8.84. The van der Waals surface area contributed by atoms with Crippen molar-refractivity contribution in [2.24, 2.45) is 0 Å². The number of rotatable bonds is 6. The number of morpholine rings is 1. The standard InChI is InChI=1S/C19H22FN3O4S/c1-14-2-7-17(28(25,26)23-8-10-27-11-9-23)12-18(14)22-19(24)13-21-16-5-3-15(20)4-6-16/h2-7,12,21H,8-11,13H2,1H3,(H,22,24). The largest absolute Gasteiger partial charge is 0.379 e. The number of amides is 1. The van der Waals surface area contributed by atoms with Crippen LogP contribution in [0.5, 0.6) is 0 Å². The van der Waals surface area contributed by atoms with Gasteiger partial charge in [-0.15, -0.1) is 0 Å². The molecule has 28 heavy (non-hydrogen) atoms. The van der Waals surface area contributed by atoms with Gasteiger partial charge in [-0.05, 0) is 48.9 Å². The highest BCUT2D eigenvalue weighted by molar-refractivity contribution is 7.89. The van der Waals surface area contributed by atoms with Crippen molar-refractivity contribution in [2.75, 3.05) is 43.5 Å². The molecule has 1 heterocycles. The molecule has 0 aliphatic carbocycles. The lowest BCUT2D eigenvalue weighted by atomic mass is 10.2. The number of benzene rings is 2. The summed E-state index contributed by atoms with van der Waals surface area (Å²) in [5.41, 5.74) is 1.79. The second-order valence-corrected chi connectivity index (χ2v) is 8.34. The predicted molar refractivity (Wildman–Crippen MR) is 104 cm³/mol. The van der Waals surface area contributed by atoms with Gasteiger partial charge in [0.15, 0.2) is 0 Å². The van der Waals surface area contributed by atoms with Gasteiger partial charge < -0.3 is 15.4 Å². The molecule has 1 aliphatic rings. The highest BCUT2D eigenvalue weighted by Crippen LogP contribution is 2.23. The van der Waals surface area contributed by atoms with E-state index in [2.05, 4.69) is 10.6 Å². The topological polar surface area (TPSA) is 87.7 Å². The van der Waals surface area contributed by atoms with Gasteiger partial charge in [-0.3, -0.25) is 4.79 Å². The van der Waals surface area contributed by atoms with Crippen LogP contribution >= 0.6 is 0 Å². The Balaban J connectivity index is 1.68. The van der Waals surface area contributed by atoms with Gasteiger partial charge in [0, 0.05) is 24.5 Å². The molecule has 7 nitrogen and oxygen atoms in total. The van der Waals surface area contributed by atoms with Crippen LogP contribution in [0.25, 0.3) is 0 Å². The maximum atomic E-state index is 12.9. The zero-order valence-electron chi connectivity index (χ0n) is 15.4. The molecule has 0 aromatic heterocycles. The highest BCUT2D eigenvalue weighted by atomic mass is 32.2. The summed E-state index contributed by atoms with van der Waals surface area (Å²) in [6.07, 6.45) is 0. The van der Waals surface area contributed by atoms with E-state index in [0.717, 1.165) is 5.56 Å². The van der Waals surface area contributed by atoms with E-state index in [1.54, 1.807) is 13.0 Å². The first-order valence-corrected chi connectivity index (χ1v) is 10.3. The molecule has 0 bridgehead atoms. The molecule has 3 rings (SSSR count). The molecule has 0 atom stereocenters. The molecule has 0 radical (unpaired) electrons. The van der Waals surface area contributed by atoms with E-state index in [9.17, 15) is 17.6 Å². The van der Waals surface area contributed by atoms with Gasteiger partial charge in [0.05, 0.1) is 24.7 Å². The molecule has 1 saturated heterocycles. The Labute approximate surface area is 163 Å². The van der Waals surface area contributed by atoms with Crippen LogP contribution in [-0.4, -0.2) is 51.5 Å².